The fourth-order valence-electron chi connectivity index (χ4n) is 2.57. The van der Waals surface area contributed by atoms with E-state index in [0.717, 1.165) is 32.1 Å². The van der Waals surface area contributed by atoms with E-state index in [4.69, 9.17) is 11.5 Å². The third-order valence-electron chi connectivity index (χ3n) is 4.53. The van der Waals surface area contributed by atoms with Crippen LogP contribution in [0.4, 0.5) is 0 Å². The van der Waals surface area contributed by atoms with E-state index in [1.807, 2.05) is 7.05 Å². The summed E-state index contributed by atoms with van der Waals surface area (Å²) in [5.74, 6) is 0.0153. The third-order valence-corrected chi connectivity index (χ3v) is 4.90. The zero-order chi connectivity index (χ0) is 21.4. The standard InChI is InChI=1S/C18H39N7O2S/c1-13(21-2)8-4-6-10-23-16(26)14(9-5-7-11-24-18(19)20)25-17(27)15(12-28)22-3/h13-15,21-22,28H,4-12H2,1-3H3,(H,23,26)(H,25,27)(H4,19,20,24). The molecule has 28 heavy (non-hydrogen) atoms. The molecule has 10 heteroatoms. The number of carbonyl (C=O) groups excluding carboxylic acids is 2. The van der Waals surface area contributed by atoms with Crippen molar-refractivity contribution < 1.29 is 9.59 Å². The van der Waals surface area contributed by atoms with Crippen LogP contribution in [0.15, 0.2) is 4.99 Å². The van der Waals surface area contributed by atoms with Gasteiger partial charge in [-0.3, -0.25) is 14.6 Å². The number of nitrogens with one attached hydrogen (secondary N) is 4. The number of nitrogens with zero attached hydrogens (tertiary/aromatic N) is 1. The van der Waals surface area contributed by atoms with Crippen LogP contribution in [0.5, 0.6) is 0 Å². The lowest BCUT2D eigenvalue weighted by molar-refractivity contribution is -0.129. The summed E-state index contributed by atoms with van der Waals surface area (Å²) in [4.78, 5) is 28.8. The number of hydrogen-bond acceptors (Lipinski definition) is 6. The van der Waals surface area contributed by atoms with E-state index in [0.29, 0.717) is 31.3 Å². The molecule has 0 rings (SSSR count). The largest absolute Gasteiger partial charge is 0.370 e. The molecule has 3 unspecified atom stereocenters. The van der Waals surface area contributed by atoms with Crippen molar-refractivity contribution in [3.05, 3.63) is 0 Å². The second kappa shape index (κ2) is 16.4. The summed E-state index contributed by atoms with van der Waals surface area (Å²) in [7, 11) is 3.63. The lowest BCUT2D eigenvalue weighted by Gasteiger charge is -2.21. The first-order valence-electron chi connectivity index (χ1n) is 9.94. The van der Waals surface area contributed by atoms with Crippen molar-refractivity contribution in [3.8, 4) is 0 Å². The Bertz CT molecular complexity index is 469. The lowest BCUT2D eigenvalue weighted by Crippen LogP contribution is -2.52. The summed E-state index contributed by atoms with van der Waals surface area (Å²) in [5.41, 5.74) is 10.6. The monoisotopic (exact) mass is 417 g/mol. The molecule has 0 saturated heterocycles. The molecule has 164 valence electrons. The Labute approximate surface area is 174 Å². The van der Waals surface area contributed by atoms with Gasteiger partial charge < -0.3 is 32.7 Å². The van der Waals surface area contributed by atoms with Gasteiger partial charge in [-0.15, -0.1) is 0 Å². The summed E-state index contributed by atoms with van der Waals surface area (Å²) < 4.78 is 0. The smallest absolute Gasteiger partial charge is 0.242 e. The van der Waals surface area contributed by atoms with Crippen molar-refractivity contribution in [2.45, 2.75) is 63.6 Å². The molecular weight excluding hydrogens is 378 g/mol. The summed E-state index contributed by atoms with van der Waals surface area (Å²) in [6.07, 6.45) is 4.97. The predicted octanol–water partition coefficient (Wildman–Crippen LogP) is -0.673. The quantitative estimate of drug-likeness (QED) is 0.0767. The van der Waals surface area contributed by atoms with Crippen molar-refractivity contribution in [2.24, 2.45) is 16.5 Å². The zero-order valence-electron chi connectivity index (χ0n) is 17.5. The van der Waals surface area contributed by atoms with E-state index in [1.54, 1.807) is 7.05 Å². The van der Waals surface area contributed by atoms with Crippen molar-refractivity contribution in [1.82, 2.24) is 21.3 Å². The molecule has 0 aliphatic heterocycles. The molecule has 0 aromatic heterocycles. The highest BCUT2D eigenvalue weighted by Crippen LogP contribution is 2.04. The van der Waals surface area contributed by atoms with Gasteiger partial charge in [0.25, 0.3) is 0 Å². The van der Waals surface area contributed by atoms with Crippen LogP contribution >= 0.6 is 12.6 Å². The predicted molar refractivity (Wildman–Crippen MR) is 119 cm³/mol. The molecule has 9 nitrogen and oxygen atoms in total. The van der Waals surface area contributed by atoms with Gasteiger partial charge in [-0.1, -0.05) is 6.42 Å². The van der Waals surface area contributed by atoms with Gasteiger partial charge >= 0.3 is 0 Å². The van der Waals surface area contributed by atoms with Gasteiger partial charge in [0.2, 0.25) is 11.8 Å². The van der Waals surface area contributed by atoms with Crippen LogP contribution in [0.3, 0.4) is 0 Å². The Balaban J connectivity index is 4.52. The summed E-state index contributed by atoms with van der Waals surface area (Å²) in [6.45, 7) is 3.23. The van der Waals surface area contributed by atoms with E-state index in [1.165, 1.54) is 0 Å². The van der Waals surface area contributed by atoms with E-state index in [-0.39, 0.29) is 17.8 Å². The van der Waals surface area contributed by atoms with E-state index >= 15 is 0 Å². The number of nitrogens with two attached hydrogens (primary N) is 2. The summed E-state index contributed by atoms with van der Waals surface area (Å²) in [5, 5.41) is 11.8. The highest BCUT2D eigenvalue weighted by molar-refractivity contribution is 7.80. The van der Waals surface area contributed by atoms with Crippen LogP contribution in [0.2, 0.25) is 0 Å². The minimum atomic E-state index is -0.585. The molecule has 0 aromatic carbocycles. The number of carbonyl (C=O) groups is 2. The fraction of sp³-hybridized carbons (Fsp3) is 0.833. The van der Waals surface area contributed by atoms with Crippen molar-refractivity contribution in [3.63, 3.8) is 0 Å². The number of likely N-dealkylation sites (N-methyl/N-ethyl adjacent to an activating group) is 1. The Morgan fingerprint density at radius 1 is 0.964 bits per heavy atom. The van der Waals surface area contributed by atoms with Crippen LogP contribution < -0.4 is 32.7 Å². The lowest BCUT2D eigenvalue weighted by atomic mass is 10.1. The number of aliphatic imine (C=N–C) groups is 1. The van der Waals surface area contributed by atoms with Crippen molar-refractivity contribution in [1.29, 1.82) is 0 Å². The van der Waals surface area contributed by atoms with Crippen LogP contribution in [-0.4, -0.2) is 68.8 Å². The molecule has 0 heterocycles. The molecule has 3 atom stereocenters. The fourth-order valence-corrected chi connectivity index (χ4v) is 2.92. The SMILES string of the molecule is CNC(C)CCCCNC(=O)C(CCCCN=C(N)N)NC(=O)C(CS)NC. The minimum Gasteiger partial charge on any atom is -0.370 e. The molecule has 0 spiro atoms. The van der Waals surface area contributed by atoms with E-state index in [9.17, 15) is 9.59 Å². The maximum absolute atomic E-state index is 12.6. The molecule has 0 aliphatic rings. The molecule has 8 N–H and O–H groups in total. The van der Waals surface area contributed by atoms with Gasteiger partial charge in [-0.05, 0) is 53.1 Å². The second-order valence-corrected chi connectivity index (χ2v) is 7.23. The van der Waals surface area contributed by atoms with Gasteiger partial charge in [-0.25, -0.2) is 0 Å². The zero-order valence-corrected chi connectivity index (χ0v) is 18.4. The topological polar surface area (TPSA) is 147 Å². The first kappa shape index (κ1) is 26.5. The molecule has 0 aromatic rings. The summed E-state index contributed by atoms with van der Waals surface area (Å²) in [6, 6.07) is -0.561. The van der Waals surface area contributed by atoms with Crippen molar-refractivity contribution in [2.75, 3.05) is 32.9 Å². The first-order valence-corrected chi connectivity index (χ1v) is 10.6. The van der Waals surface area contributed by atoms with Gasteiger partial charge in [0.05, 0.1) is 6.04 Å². The number of unbranched alkanes of at least 4 members (excludes halogenated alkanes) is 2. The molecule has 0 fully saturated rings. The number of rotatable bonds is 16. The maximum atomic E-state index is 12.6. The van der Waals surface area contributed by atoms with Gasteiger partial charge in [-0.2, -0.15) is 12.6 Å². The normalized spacial score (nSPS) is 14.0. The van der Waals surface area contributed by atoms with Crippen LogP contribution in [0.25, 0.3) is 0 Å². The van der Waals surface area contributed by atoms with Gasteiger partial charge in [0, 0.05) is 24.9 Å². The van der Waals surface area contributed by atoms with Crippen LogP contribution in [0.1, 0.15) is 45.4 Å². The van der Waals surface area contributed by atoms with Crippen molar-refractivity contribution >= 4 is 30.4 Å². The number of amides is 2. The molecular formula is C18H39N7O2S. The molecule has 0 saturated carbocycles. The summed E-state index contributed by atoms with van der Waals surface area (Å²) >= 11 is 4.16. The van der Waals surface area contributed by atoms with Gasteiger partial charge in [0.1, 0.15) is 6.04 Å². The van der Waals surface area contributed by atoms with Gasteiger partial charge in [0.15, 0.2) is 5.96 Å². The number of guanidine groups is 1. The van der Waals surface area contributed by atoms with Crippen LogP contribution in [0, 0.1) is 0 Å². The van der Waals surface area contributed by atoms with E-state index in [2.05, 4.69) is 45.8 Å². The number of hydrogen-bond donors (Lipinski definition) is 7. The Morgan fingerprint density at radius 3 is 2.21 bits per heavy atom. The molecule has 2 amide bonds. The first-order chi connectivity index (χ1) is 13.3. The number of thiol groups is 1. The average molecular weight is 418 g/mol. The second-order valence-electron chi connectivity index (χ2n) is 6.86. The average Bonchev–Trinajstić information content (AvgIpc) is 2.66. The third kappa shape index (κ3) is 12.8. The van der Waals surface area contributed by atoms with E-state index < -0.39 is 12.1 Å². The van der Waals surface area contributed by atoms with Crippen LogP contribution in [-0.2, 0) is 9.59 Å². The highest BCUT2D eigenvalue weighted by Gasteiger charge is 2.23. The molecule has 0 aliphatic carbocycles. The Hall–Kier alpha value is -1.52. The minimum absolute atomic E-state index is 0.0563. The highest BCUT2D eigenvalue weighted by atomic mass is 32.1. The molecule has 0 bridgehead atoms. The molecule has 0 radical (unpaired) electrons. The Morgan fingerprint density at radius 2 is 1.64 bits per heavy atom. The Kier molecular flexibility index (Phi) is 15.5. The maximum Gasteiger partial charge on any atom is 0.242 e.